The zero-order chi connectivity index (χ0) is 22.4. The molecule has 9 heteroatoms. The minimum atomic E-state index is -0.731. The summed E-state index contributed by atoms with van der Waals surface area (Å²) < 4.78 is 0. The number of aliphatic hydroxyl groups is 1. The highest BCUT2D eigenvalue weighted by atomic mass is 16.3. The highest BCUT2D eigenvalue weighted by Gasteiger charge is 2.24. The molecule has 0 heterocycles. The fourth-order valence-electron chi connectivity index (χ4n) is 2.70. The van der Waals surface area contributed by atoms with E-state index in [0.717, 1.165) is 18.4 Å². The summed E-state index contributed by atoms with van der Waals surface area (Å²) in [5.74, 6) is -1.17. The van der Waals surface area contributed by atoms with Crippen molar-refractivity contribution in [3.8, 4) is 0 Å². The van der Waals surface area contributed by atoms with Gasteiger partial charge in [0.1, 0.15) is 6.04 Å². The standard InChI is InChI=1S/C21H32N4O5/c1-15(2)20(25-18(28)6-4-3-5-11-22-14-27)21(30)23-12-19(29)24-17-9-7-16(13-26)8-10-17/h7-10,14-15,20,26H,3-6,11-13H2,1-2H3,(H,22,27)(H,23,30)(H,24,29)(H,25,28). The van der Waals surface area contributed by atoms with E-state index in [1.165, 1.54) is 0 Å². The quantitative estimate of drug-likeness (QED) is 0.223. The minimum absolute atomic E-state index is 0.0794. The fraction of sp³-hybridized carbons (Fsp3) is 0.524. The van der Waals surface area contributed by atoms with E-state index in [-0.39, 0.29) is 25.0 Å². The Morgan fingerprint density at radius 2 is 1.73 bits per heavy atom. The van der Waals surface area contributed by atoms with Crippen LogP contribution in [-0.4, -0.2) is 48.4 Å². The van der Waals surface area contributed by atoms with E-state index in [2.05, 4.69) is 21.3 Å². The van der Waals surface area contributed by atoms with Crippen LogP contribution in [0.2, 0.25) is 0 Å². The van der Waals surface area contributed by atoms with Crippen LogP contribution in [0.15, 0.2) is 24.3 Å². The number of carbonyl (C=O) groups excluding carboxylic acids is 4. The summed E-state index contributed by atoms with van der Waals surface area (Å²) in [6.07, 6.45) is 3.19. The molecule has 0 aliphatic heterocycles. The van der Waals surface area contributed by atoms with Gasteiger partial charge in [-0.3, -0.25) is 19.2 Å². The molecule has 0 radical (unpaired) electrons. The molecular weight excluding hydrogens is 388 g/mol. The van der Waals surface area contributed by atoms with Crippen LogP contribution in [0.25, 0.3) is 0 Å². The Morgan fingerprint density at radius 1 is 1.03 bits per heavy atom. The number of aliphatic hydroxyl groups excluding tert-OH is 1. The average molecular weight is 421 g/mol. The van der Waals surface area contributed by atoms with Crippen molar-refractivity contribution in [2.75, 3.05) is 18.4 Å². The monoisotopic (exact) mass is 420 g/mol. The SMILES string of the molecule is CC(C)C(NC(=O)CCCCCNC=O)C(=O)NCC(=O)Nc1ccc(CO)cc1. The molecular formula is C21H32N4O5. The molecule has 166 valence electrons. The minimum Gasteiger partial charge on any atom is -0.392 e. The number of hydrogen-bond donors (Lipinski definition) is 5. The van der Waals surface area contributed by atoms with Crippen molar-refractivity contribution in [3.63, 3.8) is 0 Å². The zero-order valence-electron chi connectivity index (χ0n) is 17.6. The molecule has 30 heavy (non-hydrogen) atoms. The first kappa shape index (κ1) is 25.1. The van der Waals surface area contributed by atoms with Gasteiger partial charge in [-0.1, -0.05) is 32.4 Å². The predicted octanol–water partition coefficient (Wildman–Crippen LogP) is 0.681. The number of nitrogens with one attached hydrogen (secondary N) is 4. The van der Waals surface area contributed by atoms with Crippen LogP contribution in [0.1, 0.15) is 45.1 Å². The second-order valence-electron chi connectivity index (χ2n) is 7.29. The van der Waals surface area contributed by atoms with Crippen LogP contribution >= 0.6 is 0 Å². The summed E-state index contributed by atoms with van der Waals surface area (Å²) in [5, 5.41) is 19.5. The van der Waals surface area contributed by atoms with E-state index < -0.39 is 17.9 Å². The molecule has 1 atom stereocenters. The topological polar surface area (TPSA) is 137 Å². The number of carbonyl (C=O) groups is 4. The molecule has 0 aliphatic carbocycles. The van der Waals surface area contributed by atoms with Gasteiger partial charge in [-0.05, 0) is 36.5 Å². The Kier molecular flexibility index (Phi) is 11.8. The number of hydrogen-bond acceptors (Lipinski definition) is 5. The van der Waals surface area contributed by atoms with Crippen molar-refractivity contribution in [2.45, 2.75) is 52.2 Å². The van der Waals surface area contributed by atoms with Crippen molar-refractivity contribution < 1.29 is 24.3 Å². The van der Waals surface area contributed by atoms with E-state index in [1.54, 1.807) is 24.3 Å². The van der Waals surface area contributed by atoms with Gasteiger partial charge in [-0.2, -0.15) is 0 Å². The van der Waals surface area contributed by atoms with Gasteiger partial charge in [0, 0.05) is 18.7 Å². The van der Waals surface area contributed by atoms with E-state index in [0.29, 0.717) is 31.5 Å². The van der Waals surface area contributed by atoms with Gasteiger partial charge < -0.3 is 26.4 Å². The molecule has 0 bridgehead atoms. The van der Waals surface area contributed by atoms with Crippen molar-refractivity contribution in [1.82, 2.24) is 16.0 Å². The lowest BCUT2D eigenvalue weighted by Gasteiger charge is -2.21. The van der Waals surface area contributed by atoms with Gasteiger partial charge in [0.2, 0.25) is 24.1 Å². The lowest BCUT2D eigenvalue weighted by Crippen LogP contribution is -2.51. The summed E-state index contributed by atoms with van der Waals surface area (Å²) in [6, 6.07) is 5.98. The van der Waals surface area contributed by atoms with Crippen LogP contribution in [-0.2, 0) is 25.8 Å². The third-order valence-electron chi connectivity index (χ3n) is 4.42. The van der Waals surface area contributed by atoms with Gasteiger partial charge in [0.05, 0.1) is 13.2 Å². The molecule has 0 spiro atoms. The summed E-state index contributed by atoms with van der Waals surface area (Å²) in [6.45, 7) is 3.92. The van der Waals surface area contributed by atoms with Gasteiger partial charge in [-0.15, -0.1) is 0 Å². The normalized spacial score (nSPS) is 11.5. The summed E-state index contributed by atoms with van der Waals surface area (Å²) >= 11 is 0. The Hall–Kier alpha value is -2.94. The Labute approximate surface area is 177 Å². The maximum Gasteiger partial charge on any atom is 0.243 e. The zero-order valence-corrected chi connectivity index (χ0v) is 17.6. The highest BCUT2D eigenvalue weighted by Crippen LogP contribution is 2.09. The summed E-state index contributed by atoms with van der Waals surface area (Å²) in [4.78, 5) is 46.8. The first-order chi connectivity index (χ1) is 14.4. The van der Waals surface area contributed by atoms with Gasteiger partial charge in [-0.25, -0.2) is 0 Å². The molecule has 1 rings (SSSR count). The maximum absolute atomic E-state index is 12.4. The van der Waals surface area contributed by atoms with Crippen LogP contribution in [0, 0.1) is 5.92 Å². The maximum atomic E-state index is 12.4. The van der Waals surface area contributed by atoms with Crippen molar-refractivity contribution in [2.24, 2.45) is 5.92 Å². The predicted molar refractivity (Wildman–Crippen MR) is 113 cm³/mol. The number of anilines is 1. The third-order valence-corrected chi connectivity index (χ3v) is 4.42. The third kappa shape index (κ3) is 10.0. The van der Waals surface area contributed by atoms with Crippen LogP contribution in [0.4, 0.5) is 5.69 Å². The summed E-state index contributed by atoms with van der Waals surface area (Å²) in [5.41, 5.74) is 1.29. The first-order valence-electron chi connectivity index (χ1n) is 10.1. The highest BCUT2D eigenvalue weighted by molar-refractivity contribution is 5.96. The molecule has 4 amide bonds. The molecule has 1 aromatic rings. The molecule has 0 aliphatic rings. The number of unbranched alkanes of at least 4 members (excludes halogenated alkanes) is 2. The molecule has 1 aromatic carbocycles. The second-order valence-corrected chi connectivity index (χ2v) is 7.29. The number of amides is 4. The first-order valence-corrected chi connectivity index (χ1v) is 10.1. The smallest absolute Gasteiger partial charge is 0.243 e. The molecule has 0 saturated heterocycles. The molecule has 0 aromatic heterocycles. The van der Waals surface area contributed by atoms with Crippen molar-refractivity contribution >= 4 is 29.8 Å². The summed E-state index contributed by atoms with van der Waals surface area (Å²) in [7, 11) is 0. The Balaban J connectivity index is 2.39. The van der Waals surface area contributed by atoms with E-state index >= 15 is 0 Å². The van der Waals surface area contributed by atoms with Gasteiger partial charge in [0.25, 0.3) is 0 Å². The van der Waals surface area contributed by atoms with E-state index in [1.807, 2.05) is 13.8 Å². The van der Waals surface area contributed by atoms with Crippen molar-refractivity contribution in [1.29, 1.82) is 0 Å². The number of benzene rings is 1. The lowest BCUT2D eigenvalue weighted by atomic mass is 10.0. The molecule has 0 saturated carbocycles. The second kappa shape index (κ2) is 14.1. The van der Waals surface area contributed by atoms with Crippen LogP contribution in [0.3, 0.4) is 0 Å². The van der Waals surface area contributed by atoms with Gasteiger partial charge in [0.15, 0.2) is 0 Å². The van der Waals surface area contributed by atoms with E-state index in [9.17, 15) is 19.2 Å². The molecule has 0 fully saturated rings. The molecule has 5 N–H and O–H groups in total. The number of rotatable bonds is 14. The lowest BCUT2D eigenvalue weighted by molar-refractivity contribution is -0.130. The molecule has 1 unspecified atom stereocenters. The fourth-order valence-corrected chi connectivity index (χ4v) is 2.70. The van der Waals surface area contributed by atoms with Crippen LogP contribution < -0.4 is 21.3 Å². The van der Waals surface area contributed by atoms with Gasteiger partial charge >= 0.3 is 0 Å². The Bertz CT molecular complexity index is 691. The van der Waals surface area contributed by atoms with E-state index in [4.69, 9.17) is 5.11 Å². The van der Waals surface area contributed by atoms with Crippen LogP contribution in [0.5, 0.6) is 0 Å². The van der Waals surface area contributed by atoms with Crippen molar-refractivity contribution in [3.05, 3.63) is 29.8 Å². The largest absolute Gasteiger partial charge is 0.392 e. The average Bonchev–Trinajstić information content (AvgIpc) is 2.73. The molecule has 9 nitrogen and oxygen atoms in total. The Morgan fingerprint density at radius 3 is 2.33 bits per heavy atom.